The number of imide groups is 1. The minimum atomic E-state index is -1.54. The zero-order valence-corrected chi connectivity index (χ0v) is 54.6. The number of hydrogen-bond acceptors (Lipinski definition) is 16. The molecule has 0 spiro atoms. The molecule has 4 aromatic carbocycles. The fourth-order valence-corrected chi connectivity index (χ4v) is 11.2. The fraction of sp³-hybridized carbons (Fsp3) is 0.529. The van der Waals surface area contributed by atoms with Crippen molar-refractivity contribution in [3.8, 4) is 11.1 Å². The molecule has 0 unspecified atom stereocenters. The third-order valence-electron chi connectivity index (χ3n) is 15.6. The van der Waals surface area contributed by atoms with E-state index < -0.39 is 95.1 Å². The van der Waals surface area contributed by atoms with E-state index in [0.29, 0.717) is 23.6 Å². The first kappa shape index (κ1) is 71.3. The Morgan fingerprint density at radius 2 is 1.21 bits per heavy atom. The quantitative estimate of drug-likeness (QED) is 0.0132. The maximum atomic E-state index is 15.0. The predicted octanol–water partition coefficient (Wildman–Crippen LogP) is 9.06. The van der Waals surface area contributed by atoms with Crippen LogP contribution in [0.5, 0.6) is 0 Å². The molecule has 1 heterocycles. The van der Waals surface area contributed by atoms with Crippen LogP contribution in [-0.4, -0.2) is 166 Å². The minimum absolute atomic E-state index is 0.0384. The number of hydrogen-bond donors (Lipinski definition) is 5. The van der Waals surface area contributed by atoms with E-state index in [4.69, 9.17) is 18.9 Å². The standard InChI is InChI=1S/C68H92N8O15/c1-12-13-14-15-16-17-24-43(70-64(84)89-42-51-46-27-20-18-25-44(46)45-26-19-21-28-47(45)51)41-75(66(86)91-68(5,6)7)39-36-53(73-65(85)90-67(2,3)4)60(80)72-52(59(79)69-38-35-54(63(83)88-11)71-56(77)31-23-32-57(78)87-10)37-40-76-61(81)49-30-22-29-48-55(74(8)9)34-33-50(58(48)49)62(76)82/h18-22,25-30,33-34,43,51-54H,12-17,23-24,31-32,35-42H2,1-11H3,(H,69,79)(H,70,84)(H,71,77)(H,72,80)(H,73,85)/t43-,52+,53-,54+/m0/s1. The highest BCUT2D eigenvalue weighted by atomic mass is 16.6. The van der Waals surface area contributed by atoms with Gasteiger partial charge in [0.15, 0.2) is 0 Å². The maximum absolute atomic E-state index is 15.0. The van der Waals surface area contributed by atoms with E-state index in [0.717, 1.165) is 72.1 Å². The van der Waals surface area contributed by atoms with E-state index in [2.05, 4.69) is 38.2 Å². The summed E-state index contributed by atoms with van der Waals surface area (Å²) in [7, 11) is 6.04. The number of ether oxygens (including phenoxy) is 5. The lowest BCUT2D eigenvalue weighted by Gasteiger charge is -2.32. The molecule has 5 N–H and O–H groups in total. The Bertz CT molecular complexity index is 3180. The second-order valence-electron chi connectivity index (χ2n) is 25.2. The molecular formula is C68H92N8O15. The van der Waals surface area contributed by atoms with Crippen molar-refractivity contribution in [1.82, 2.24) is 36.4 Å². The van der Waals surface area contributed by atoms with Crippen LogP contribution in [0.4, 0.5) is 20.1 Å². The van der Waals surface area contributed by atoms with Crippen LogP contribution in [0, 0.1) is 0 Å². The molecule has 1 aliphatic carbocycles. The van der Waals surface area contributed by atoms with Crippen LogP contribution in [0.1, 0.15) is 170 Å². The summed E-state index contributed by atoms with van der Waals surface area (Å²) < 4.78 is 27.1. The molecule has 0 saturated heterocycles. The largest absolute Gasteiger partial charge is 0.469 e. The van der Waals surface area contributed by atoms with Crippen molar-refractivity contribution in [2.24, 2.45) is 0 Å². The van der Waals surface area contributed by atoms with E-state index >= 15 is 0 Å². The molecule has 23 heteroatoms. The Morgan fingerprint density at radius 3 is 1.84 bits per heavy atom. The SMILES string of the molecule is CCCCCCCC[C@@H](CN(CC[C@H](NC(=O)OC(C)(C)C)C(=O)N[C@H](CCN1C(=O)c2cccc3c(N(C)C)ccc(c23)C1=O)C(=O)NCC[C@@H](NC(=O)CCCC(=O)OC)C(=O)OC)C(=O)OC(C)(C)C)NC(=O)OCC1c2ccccc2-c2ccccc21. The first-order valence-corrected chi connectivity index (χ1v) is 31.4. The number of nitrogens with zero attached hydrogens (tertiary/aromatic N) is 3. The Hall–Kier alpha value is -8.76. The van der Waals surface area contributed by atoms with E-state index in [1.165, 1.54) is 12.0 Å². The van der Waals surface area contributed by atoms with E-state index in [9.17, 15) is 47.9 Å². The first-order chi connectivity index (χ1) is 43.2. The number of carbonyl (C=O) groups excluding carboxylic acids is 10. The second-order valence-corrected chi connectivity index (χ2v) is 25.2. The zero-order chi connectivity index (χ0) is 66.6. The predicted molar refractivity (Wildman–Crippen MR) is 343 cm³/mol. The molecule has 4 atom stereocenters. The normalized spacial score (nSPS) is 13.9. The van der Waals surface area contributed by atoms with Crippen molar-refractivity contribution >= 4 is 76.2 Å². The molecule has 494 valence electrons. The summed E-state index contributed by atoms with van der Waals surface area (Å²) in [6, 6.07) is 19.5. The second kappa shape index (κ2) is 33.3. The van der Waals surface area contributed by atoms with Crippen LogP contribution >= 0.6 is 0 Å². The lowest BCUT2D eigenvalue weighted by molar-refractivity contribution is -0.145. The fourth-order valence-electron chi connectivity index (χ4n) is 11.2. The summed E-state index contributed by atoms with van der Waals surface area (Å²) in [6.07, 6.45) is 2.76. The van der Waals surface area contributed by atoms with Gasteiger partial charge in [-0.2, -0.15) is 0 Å². The van der Waals surface area contributed by atoms with Crippen LogP contribution in [0.2, 0.25) is 0 Å². The number of carbonyl (C=O) groups is 10. The Labute approximate surface area is 533 Å². The molecule has 91 heavy (non-hydrogen) atoms. The van der Waals surface area contributed by atoms with E-state index in [1.807, 2.05) is 73.6 Å². The number of alkyl carbamates (subject to hydrolysis) is 2. The average Bonchev–Trinajstić information content (AvgIpc) is 1.42. The lowest BCUT2D eigenvalue weighted by atomic mass is 9.92. The summed E-state index contributed by atoms with van der Waals surface area (Å²) in [5, 5.41) is 14.8. The van der Waals surface area contributed by atoms with Gasteiger partial charge in [0.25, 0.3) is 11.8 Å². The molecule has 0 bridgehead atoms. The van der Waals surface area contributed by atoms with Gasteiger partial charge < -0.3 is 60.1 Å². The Balaban J connectivity index is 1.27. The van der Waals surface area contributed by atoms with Gasteiger partial charge in [0.1, 0.15) is 35.9 Å². The maximum Gasteiger partial charge on any atom is 0.410 e. The Morgan fingerprint density at radius 1 is 0.593 bits per heavy atom. The van der Waals surface area contributed by atoms with Gasteiger partial charge in [-0.1, -0.05) is 106 Å². The molecule has 2 aliphatic rings. The van der Waals surface area contributed by atoms with Gasteiger partial charge in [0, 0.05) is 92.7 Å². The number of rotatable bonds is 32. The number of esters is 2. The van der Waals surface area contributed by atoms with Crippen molar-refractivity contribution in [3.63, 3.8) is 0 Å². The molecule has 4 aromatic rings. The van der Waals surface area contributed by atoms with Crippen LogP contribution < -0.4 is 31.5 Å². The van der Waals surface area contributed by atoms with E-state index in [1.54, 1.807) is 65.8 Å². The van der Waals surface area contributed by atoms with E-state index in [-0.39, 0.29) is 88.4 Å². The van der Waals surface area contributed by atoms with Gasteiger partial charge in [-0.15, -0.1) is 0 Å². The number of unbranched alkanes of at least 4 members (excludes halogenated alkanes) is 5. The number of amides is 8. The third-order valence-corrected chi connectivity index (χ3v) is 15.6. The highest BCUT2D eigenvalue weighted by Crippen LogP contribution is 2.44. The molecule has 0 radical (unpaired) electrons. The Kier molecular flexibility index (Phi) is 26.1. The molecule has 23 nitrogen and oxygen atoms in total. The molecular weight excluding hydrogens is 1170 g/mol. The van der Waals surface area contributed by atoms with Crippen molar-refractivity contribution in [1.29, 1.82) is 0 Å². The van der Waals surface area contributed by atoms with Crippen molar-refractivity contribution in [2.45, 2.75) is 173 Å². The van der Waals surface area contributed by atoms with Crippen molar-refractivity contribution in [3.05, 3.63) is 101 Å². The summed E-state index contributed by atoms with van der Waals surface area (Å²) in [4.78, 5) is 142. The molecule has 8 amide bonds. The van der Waals surface area contributed by atoms with Crippen molar-refractivity contribution < 1.29 is 71.6 Å². The zero-order valence-electron chi connectivity index (χ0n) is 54.6. The lowest BCUT2D eigenvalue weighted by Crippen LogP contribution is -2.56. The van der Waals surface area contributed by atoms with Crippen LogP contribution in [-0.2, 0) is 47.7 Å². The molecule has 0 saturated carbocycles. The highest BCUT2D eigenvalue weighted by Gasteiger charge is 2.37. The van der Waals surface area contributed by atoms with Crippen LogP contribution in [0.3, 0.4) is 0 Å². The molecule has 6 rings (SSSR count). The number of methoxy groups -OCH3 is 2. The third kappa shape index (κ3) is 20.6. The summed E-state index contributed by atoms with van der Waals surface area (Å²) >= 11 is 0. The summed E-state index contributed by atoms with van der Waals surface area (Å²) in [5.41, 5.74) is 3.46. The van der Waals surface area contributed by atoms with Crippen LogP contribution in [0.25, 0.3) is 21.9 Å². The number of nitrogens with one attached hydrogen (secondary N) is 5. The highest BCUT2D eigenvalue weighted by molar-refractivity contribution is 6.26. The van der Waals surface area contributed by atoms with Gasteiger partial charge in [-0.3, -0.25) is 33.7 Å². The van der Waals surface area contributed by atoms with Gasteiger partial charge in [-0.25, -0.2) is 19.2 Å². The number of anilines is 1. The number of fused-ring (bicyclic) bond motifs is 3. The smallest absolute Gasteiger partial charge is 0.410 e. The summed E-state index contributed by atoms with van der Waals surface area (Å²) in [5.74, 6) is -5.16. The van der Waals surface area contributed by atoms with Gasteiger partial charge in [0.05, 0.1) is 14.2 Å². The molecule has 0 fully saturated rings. The van der Waals surface area contributed by atoms with Gasteiger partial charge >= 0.3 is 30.2 Å². The monoisotopic (exact) mass is 1260 g/mol. The van der Waals surface area contributed by atoms with Gasteiger partial charge in [-0.05, 0) is 114 Å². The van der Waals surface area contributed by atoms with Gasteiger partial charge in [0.2, 0.25) is 17.7 Å². The molecule has 0 aromatic heterocycles. The number of benzene rings is 4. The average molecular weight is 1260 g/mol. The minimum Gasteiger partial charge on any atom is -0.469 e. The molecule has 1 aliphatic heterocycles. The topological polar surface area (TPSA) is 287 Å². The summed E-state index contributed by atoms with van der Waals surface area (Å²) in [6.45, 7) is 11.1. The first-order valence-electron chi connectivity index (χ1n) is 31.4. The van der Waals surface area contributed by atoms with Crippen LogP contribution in [0.15, 0.2) is 78.9 Å². The van der Waals surface area contributed by atoms with Crippen molar-refractivity contribution in [2.75, 3.05) is 66.0 Å².